The second-order valence-electron chi connectivity index (χ2n) is 7.89. The lowest BCUT2D eigenvalue weighted by Crippen LogP contribution is -2.21. The molecular formula is C24H22N4OS. The van der Waals surface area contributed by atoms with Crippen LogP contribution in [0.1, 0.15) is 50.6 Å². The van der Waals surface area contributed by atoms with Crippen LogP contribution in [0.4, 0.5) is 0 Å². The van der Waals surface area contributed by atoms with Gasteiger partial charge < -0.3 is 0 Å². The first-order valence-electron chi connectivity index (χ1n) is 10.1. The lowest BCUT2D eigenvalue weighted by molar-refractivity contribution is 0.0962. The van der Waals surface area contributed by atoms with Gasteiger partial charge in [-0.05, 0) is 42.9 Å². The molecule has 0 amide bonds. The third-order valence-corrected chi connectivity index (χ3v) is 6.62. The average Bonchev–Trinajstić information content (AvgIpc) is 3.14. The van der Waals surface area contributed by atoms with Gasteiger partial charge in [-0.15, -0.1) is 5.10 Å². The standard InChI is InChI=1S/C24H22N4OS/c1-15-7-9-17(10-8-15)19-11-21-20(22(29)12-19)13-28-23(25-21)26-24(27-28)30-14-18-6-4-3-5-16(18)2/h3-10,13,19H,11-12,14H2,1-2H3/t19-/m1/s1. The molecule has 1 aliphatic carbocycles. The number of aryl methyl sites for hydroxylation is 2. The van der Waals surface area contributed by atoms with Crippen LogP contribution in [0.3, 0.4) is 0 Å². The monoisotopic (exact) mass is 414 g/mol. The molecule has 0 fully saturated rings. The highest BCUT2D eigenvalue weighted by Gasteiger charge is 2.28. The highest BCUT2D eigenvalue weighted by Crippen LogP contribution is 2.32. The summed E-state index contributed by atoms with van der Waals surface area (Å²) in [6, 6.07) is 16.8. The lowest BCUT2D eigenvalue weighted by atomic mass is 9.82. The molecular weight excluding hydrogens is 392 g/mol. The van der Waals surface area contributed by atoms with Crippen molar-refractivity contribution in [1.82, 2.24) is 19.6 Å². The van der Waals surface area contributed by atoms with Crippen LogP contribution >= 0.6 is 11.8 Å². The number of hydrogen-bond donors (Lipinski definition) is 0. The molecule has 0 saturated carbocycles. The highest BCUT2D eigenvalue weighted by molar-refractivity contribution is 7.98. The molecule has 0 spiro atoms. The predicted molar refractivity (Wildman–Crippen MR) is 118 cm³/mol. The maximum Gasteiger partial charge on any atom is 0.253 e. The second kappa shape index (κ2) is 7.69. The van der Waals surface area contributed by atoms with Crippen molar-refractivity contribution in [2.75, 3.05) is 0 Å². The minimum absolute atomic E-state index is 0.126. The maximum absolute atomic E-state index is 12.8. The van der Waals surface area contributed by atoms with Crippen molar-refractivity contribution in [3.8, 4) is 0 Å². The largest absolute Gasteiger partial charge is 0.294 e. The molecule has 6 heteroatoms. The van der Waals surface area contributed by atoms with Crippen molar-refractivity contribution >= 4 is 23.3 Å². The molecule has 0 saturated heterocycles. The van der Waals surface area contributed by atoms with Crippen LogP contribution in [0.15, 0.2) is 59.9 Å². The Labute approximate surface area is 179 Å². The average molecular weight is 415 g/mol. The molecule has 2 heterocycles. The second-order valence-corrected chi connectivity index (χ2v) is 8.84. The molecule has 0 aliphatic heterocycles. The molecule has 0 N–H and O–H groups in total. The fourth-order valence-electron chi connectivity index (χ4n) is 3.91. The van der Waals surface area contributed by atoms with Crippen LogP contribution in [0.25, 0.3) is 5.78 Å². The molecule has 30 heavy (non-hydrogen) atoms. The number of carbonyl (C=O) groups is 1. The van der Waals surface area contributed by atoms with Crippen LogP contribution in [0.5, 0.6) is 0 Å². The minimum Gasteiger partial charge on any atom is -0.294 e. The Hall–Kier alpha value is -2.99. The quantitative estimate of drug-likeness (QED) is 0.442. The van der Waals surface area contributed by atoms with Gasteiger partial charge in [-0.1, -0.05) is 65.9 Å². The molecule has 150 valence electrons. The normalized spacial score (nSPS) is 16.1. The summed E-state index contributed by atoms with van der Waals surface area (Å²) in [6.07, 6.45) is 3.06. The van der Waals surface area contributed by atoms with Gasteiger partial charge in [0.2, 0.25) is 5.16 Å². The molecule has 2 aromatic heterocycles. The van der Waals surface area contributed by atoms with Gasteiger partial charge in [-0.2, -0.15) is 4.98 Å². The zero-order valence-corrected chi connectivity index (χ0v) is 17.8. The zero-order chi connectivity index (χ0) is 20.7. The van der Waals surface area contributed by atoms with Gasteiger partial charge in [0.25, 0.3) is 5.78 Å². The van der Waals surface area contributed by atoms with Gasteiger partial charge in [0, 0.05) is 18.4 Å². The summed E-state index contributed by atoms with van der Waals surface area (Å²) in [4.78, 5) is 22.1. The summed E-state index contributed by atoms with van der Waals surface area (Å²) in [7, 11) is 0. The first-order chi connectivity index (χ1) is 14.6. The highest BCUT2D eigenvalue weighted by atomic mass is 32.2. The molecule has 0 bridgehead atoms. The molecule has 4 aromatic rings. The van der Waals surface area contributed by atoms with E-state index in [1.54, 1.807) is 22.5 Å². The first kappa shape index (κ1) is 19.0. The Morgan fingerprint density at radius 3 is 2.63 bits per heavy atom. The van der Waals surface area contributed by atoms with Crippen molar-refractivity contribution in [3.05, 3.63) is 88.2 Å². The summed E-state index contributed by atoms with van der Waals surface area (Å²) >= 11 is 1.59. The van der Waals surface area contributed by atoms with Gasteiger partial charge >= 0.3 is 0 Å². The molecule has 5 nitrogen and oxygen atoms in total. The number of rotatable bonds is 4. The van der Waals surface area contributed by atoms with E-state index in [0.29, 0.717) is 22.9 Å². The predicted octanol–water partition coefficient (Wildman–Crippen LogP) is 4.95. The fraction of sp³-hybridized carbons (Fsp3) is 0.250. The van der Waals surface area contributed by atoms with E-state index in [1.807, 2.05) is 12.1 Å². The van der Waals surface area contributed by atoms with Crippen LogP contribution < -0.4 is 0 Å². The van der Waals surface area contributed by atoms with Crippen molar-refractivity contribution in [2.45, 2.75) is 43.5 Å². The Morgan fingerprint density at radius 2 is 1.83 bits per heavy atom. The van der Waals surface area contributed by atoms with Crippen LogP contribution in [-0.2, 0) is 12.2 Å². The van der Waals surface area contributed by atoms with E-state index >= 15 is 0 Å². The third-order valence-electron chi connectivity index (χ3n) is 5.73. The van der Waals surface area contributed by atoms with Gasteiger partial charge in [-0.3, -0.25) is 4.79 Å². The summed E-state index contributed by atoms with van der Waals surface area (Å²) < 4.78 is 1.64. The van der Waals surface area contributed by atoms with E-state index in [2.05, 4.69) is 60.3 Å². The van der Waals surface area contributed by atoms with E-state index < -0.39 is 0 Å². The number of nitrogens with zero attached hydrogens (tertiary/aromatic N) is 4. The SMILES string of the molecule is Cc1ccc([C@H]2CC(=O)c3cn4nc(SCc5ccccc5C)nc4nc3C2)cc1. The van der Waals surface area contributed by atoms with Gasteiger partial charge in [0.05, 0.1) is 11.3 Å². The number of Topliss-reactive ketones (excluding diaryl/α,β-unsaturated/α-hetero) is 1. The Kier molecular flexibility index (Phi) is 4.87. The van der Waals surface area contributed by atoms with Crippen molar-refractivity contribution in [3.63, 3.8) is 0 Å². The lowest BCUT2D eigenvalue weighted by Gasteiger charge is -2.23. The molecule has 1 atom stereocenters. The van der Waals surface area contributed by atoms with Crippen LogP contribution in [0.2, 0.25) is 0 Å². The van der Waals surface area contributed by atoms with E-state index in [0.717, 1.165) is 17.9 Å². The third kappa shape index (κ3) is 3.63. The van der Waals surface area contributed by atoms with Gasteiger partial charge in [-0.25, -0.2) is 9.50 Å². The number of carbonyl (C=O) groups excluding carboxylic acids is 1. The topological polar surface area (TPSA) is 60.2 Å². The van der Waals surface area contributed by atoms with E-state index in [-0.39, 0.29) is 11.7 Å². The maximum atomic E-state index is 12.8. The van der Waals surface area contributed by atoms with Crippen molar-refractivity contribution < 1.29 is 4.79 Å². The van der Waals surface area contributed by atoms with E-state index in [4.69, 9.17) is 4.98 Å². The Morgan fingerprint density at radius 1 is 1.03 bits per heavy atom. The summed E-state index contributed by atoms with van der Waals surface area (Å²) in [5.41, 5.74) is 6.44. The van der Waals surface area contributed by atoms with Crippen molar-refractivity contribution in [1.29, 1.82) is 0 Å². The Bertz CT molecular complexity index is 1250. The minimum atomic E-state index is 0.126. The number of aromatic nitrogens is 4. The molecule has 0 radical (unpaired) electrons. The molecule has 5 rings (SSSR count). The number of thioether (sulfide) groups is 1. The van der Waals surface area contributed by atoms with Crippen LogP contribution in [0, 0.1) is 13.8 Å². The molecule has 1 aliphatic rings. The summed E-state index contributed by atoms with van der Waals surface area (Å²) in [5.74, 6) is 1.65. The van der Waals surface area contributed by atoms with Crippen LogP contribution in [-0.4, -0.2) is 25.4 Å². The number of fused-ring (bicyclic) bond motifs is 2. The Balaban J connectivity index is 1.41. The van der Waals surface area contributed by atoms with E-state index in [1.165, 1.54) is 22.3 Å². The number of benzene rings is 2. The fourth-order valence-corrected chi connectivity index (χ4v) is 4.81. The van der Waals surface area contributed by atoms with Crippen molar-refractivity contribution in [2.24, 2.45) is 0 Å². The summed E-state index contributed by atoms with van der Waals surface area (Å²) in [5, 5.41) is 5.22. The van der Waals surface area contributed by atoms with Gasteiger partial charge in [0.15, 0.2) is 5.78 Å². The number of hydrogen-bond acceptors (Lipinski definition) is 5. The first-order valence-corrected chi connectivity index (χ1v) is 11.1. The zero-order valence-electron chi connectivity index (χ0n) is 17.0. The van der Waals surface area contributed by atoms with E-state index in [9.17, 15) is 4.79 Å². The molecule has 2 aromatic carbocycles. The smallest absolute Gasteiger partial charge is 0.253 e. The molecule has 0 unspecified atom stereocenters. The number of ketones is 1. The summed E-state index contributed by atoms with van der Waals surface area (Å²) in [6.45, 7) is 4.18. The van der Waals surface area contributed by atoms with Gasteiger partial charge in [0.1, 0.15) is 0 Å².